The molecule has 1 atom stereocenters. The van der Waals surface area contributed by atoms with E-state index >= 15 is 0 Å². The number of nitrogens with zero attached hydrogens (tertiary/aromatic N) is 1. The summed E-state index contributed by atoms with van der Waals surface area (Å²) < 4.78 is 40.5. The number of amides is 1. The molecule has 2 heterocycles. The van der Waals surface area contributed by atoms with E-state index in [1.807, 2.05) is 13.8 Å². The van der Waals surface area contributed by atoms with Crippen LogP contribution in [0.15, 0.2) is 51.6 Å². The van der Waals surface area contributed by atoms with Crippen molar-refractivity contribution in [3.05, 3.63) is 74.5 Å². The highest BCUT2D eigenvalue weighted by Crippen LogP contribution is 2.27. The van der Waals surface area contributed by atoms with E-state index in [2.05, 4.69) is 5.32 Å². The Hall–Kier alpha value is -2.65. The smallest absolute Gasteiger partial charge is 0.263 e. The van der Waals surface area contributed by atoms with Crippen molar-refractivity contribution in [1.29, 1.82) is 0 Å². The second-order valence-electron chi connectivity index (χ2n) is 7.62. The first-order valence-corrected chi connectivity index (χ1v) is 12.3. The first-order chi connectivity index (χ1) is 15.1. The molecule has 1 amide bonds. The van der Waals surface area contributed by atoms with Gasteiger partial charge in [-0.1, -0.05) is 18.2 Å². The number of alkyl halides is 2. The van der Waals surface area contributed by atoms with Crippen LogP contribution < -0.4 is 10.7 Å². The van der Waals surface area contributed by atoms with E-state index < -0.39 is 28.6 Å². The Labute approximate surface area is 191 Å². The van der Waals surface area contributed by atoms with Gasteiger partial charge in [-0.25, -0.2) is 8.78 Å². The highest BCUT2D eigenvalue weighted by Gasteiger charge is 2.21. The molecular formula is C23H24F2N2O3S2. The van der Waals surface area contributed by atoms with Crippen molar-refractivity contribution in [2.45, 2.75) is 44.0 Å². The van der Waals surface area contributed by atoms with Crippen molar-refractivity contribution >= 4 is 28.0 Å². The highest BCUT2D eigenvalue weighted by molar-refractivity contribution is 7.86. The third-order valence-electron chi connectivity index (χ3n) is 5.06. The normalized spacial score (nSPS) is 12.4. The lowest BCUT2D eigenvalue weighted by molar-refractivity contribution is 0.0949. The standard InChI is InChI=1S/C23H24F2N2O3S2/c1-13(2)27-12-18(23(29)26-11-17-8-9-19(31-17)32(4)30)21(28)20(14(27)3)15-6-5-7-16(10-15)22(24)25/h5-10,12-13,22H,11H2,1-4H3,(H,26,29). The zero-order valence-electron chi connectivity index (χ0n) is 18.1. The van der Waals surface area contributed by atoms with E-state index in [0.29, 0.717) is 15.5 Å². The van der Waals surface area contributed by atoms with E-state index in [1.54, 1.807) is 35.9 Å². The van der Waals surface area contributed by atoms with Gasteiger partial charge >= 0.3 is 0 Å². The van der Waals surface area contributed by atoms with Gasteiger partial charge in [0.1, 0.15) is 5.56 Å². The van der Waals surface area contributed by atoms with Crippen LogP contribution in [0.2, 0.25) is 0 Å². The van der Waals surface area contributed by atoms with Gasteiger partial charge in [0.05, 0.1) is 21.6 Å². The fourth-order valence-corrected chi connectivity index (χ4v) is 5.19. The molecule has 32 heavy (non-hydrogen) atoms. The van der Waals surface area contributed by atoms with Gasteiger partial charge in [-0.2, -0.15) is 0 Å². The topological polar surface area (TPSA) is 68.2 Å². The maximum absolute atomic E-state index is 13.3. The van der Waals surface area contributed by atoms with E-state index in [9.17, 15) is 22.6 Å². The van der Waals surface area contributed by atoms with Crippen LogP contribution in [0.5, 0.6) is 0 Å². The fourth-order valence-electron chi connectivity index (χ4n) is 3.46. The highest BCUT2D eigenvalue weighted by atomic mass is 32.2. The Balaban J connectivity index is 2.02. The van der Waals surface area contributed by atoms with Crippen LogP contribution in [0.4, 0.5) is 8.78 Å². The van der Waals surface area contributed by atoms with Crippen molar-refractivity contribution in [2.75, 3.05) is 6.26 Å². The van der Waals surface area contributed by atoms with E-state index in [1.165, 1.54) is 35.7 Å². The van der Waals surface area contributed by atoms with Gasteiger partial charge < -0.3 is 9.88 Å². The Morgan fingerprint density at radius 3 is 2.53 bits per heavy atom. The molecule has 9 heteroatoms. The van der Waals surface area contributed by atoms with Gasteiger partial charge in [-0.05, 0) is 44.5 Å². The molecule has 2 aromatic heterocycles. The molecule has 0 spiro atoms. The number of pyridine rings is 1. The van der Waals surface area contributed by atoms with Crippen molar-refractivity contribution < 1.29 is 17.8 Å². The molecule has 0 radical (unpaired) electrons. The van der Waals surface area contributed by atoms with Crippen LogP contribution in [0, 0.1) is 6.92 Å². The Morgan fingerprint density at radius 2 is 1.94 bits per heavy atom. The summed E-state index contributed by atoms with van der Waals surface area (Å²) in [6, 6.07) is 9.14. The number of aromatic nitrogens is 1. The molecule has 0 aliphatic heterocycles. The predicted molar refractivity (Wildman–Crippen MR) is 124 cm³/mol. The minimum Gasteiger partial charge on any atom is -0.348 e. The van der Waals surface area contributed by atoms with Gasteiger partial charge in [-0.3, -0.25) is 13.8 Å². The molecule has 170 valence electrons. The average molecular weight is 479 g/mol. The third-order valence-corrected chi connectivity index (χ3v) is 7.60. The zero-order chi connectivity index (χ0) is 23.6. The summed E-state index contributed by atoms with van der Waals surface area (Å²) >= 11 is 1.33. The van der Waals surface area contributed by atoms with Crippen LogP contribution in [0.3, 0.4) is 0 Å². The molecule has 5 nitrogen and oxygen atoms in total. The minimum absolute atomic E-state index is 0.0569. The number of hydrogen-bond acceptors (Lipinski definition) is 4. The van der Waals surface area contributed by atoms with Gasteiger partial charge in [0.2, 0.25) is 5.43 Å². The van der Waals surface area contributed by atoms with E-state index in [0.717, 1.165) is 4.88 Å². The zero-order valence-corrected chi connectivity index (χ0v) is 19.8. The van der Waals surface area contributed by atoms with Crippen LogP contribution in [0.1, 0.15) is 52.8 Å². The van der Waals surface area contributed by atoms with Gasteiger partial charge in [-0.15, -0.1) is 11.3 Å². The minimum atomic E-state index is -2.66. The Morgan fingerprint density at radius 1 is 1.22 bits per heavy atom. The van der Waals surface area contributed by atoms with Crippen molar-refractivity contribution in [3.63, 3.8) is 0 Å². The van der Waals surface area contributed by atoms with Crippen LogP contribution >= 0.6 is 11.3 Å². The number of carbonyl (C=O) groups excluding carboxylic acids is 1. The summed E-state index contributed by atoms with van der Waals surface area (Å²) in [7, 11) is -1.10. The second kappa shape index (κ2) is 9.87. The largest absolute Gasteiger partial charge is 0.348 e. The third kappa shape index (κ3) is 5.05. The molecule has 0 aliphatic carbocycles. The number of carbonyl (C=O) groups is 1. The van der Waals surface area contributed by atoms with Crippen molar-refractivity contribution in [1.82, 2.24) is 9.88 Å². The number of hydrogen-bond donors (Lipinski definition) is 1. The summed E-state index contributed by atoms with van der Waals surface area (Å²) in [6.45, 7) is 5.75. The second-order valence-corrected chi connectivity index (χ2v) is 10.4. The summed E-state index contributed by atoms with van der Waals surface area (Å²) in [5.74, 6) is -0.553. The Bertz CT molecular complexity index is 1230. The van der Waals surface area contributed by atoms with Crippen LogP contribution in [-0.2, 0) is 17.3 Å². The van der Waals surface area contributed by atoms with E-state index in [-0.39, 0.29) is 29.3 Å². The molecule has 1 N–H and O–H groups in total. The summed E-state index contributed by atoms with van der Waals surface area (Å²) in [4.78, 5) is 27.0. The quantitative estimate of drug-likeness (QED) is 0.516. The SMILES string of the molecule is Cc1c(-c2cccc(C(F)F)c2)c(=O)c(C(=O)NCc2ccc(S(C)=O)s2)cn1C(C)C. The Kier molecular flexibility index (Phi) is 7.40. The van der Waals surface area contributed by atoms with Crippen molar-refractivity contribution in [2.24, 2.45) is 0 Å². The van der Waals surface area contributed by atoms with Crippen LogP contribution in [-0.4, -0.2) is 20.9 Å². The first kappa shape index (κ1) is 24.0. The van der Waals surface area contributed by atoms with Crippen molar-refractivity contribution in [3.8, 4) is 11.1 Å². The molecule has 0 bridgehead atoms. The first-order valence-electron chi connectivity index (χ1n) is 9.94. The maximum atomic E-state index is 13.3. The predicted octanol–water partition coefficient (Wildman–Crippen LogP) is 5.07. The van der Waals surface area contributed by atoms with Gasteiger partial charge in [0.15, 0.2) is 0 Å². The lowest BCUT2D eigenvalue weighted by Gasteiger charge is -2.20. The molecule has 0 saturated heterocycles. The molecule has 3 aromatic rings. The number of rotatable bonds is 7. The maximum Gasteiger partial charge on any atom is 0.263 e. The van der Waals surface area contributed by atoms with Gasteiger partial charge in [0.25, 0.3) is 12.3 Å². The molecule has 0 aliphatic rings. The number of thiophene rings is 1. The molecule has 0 saturated carbocycles. The number of benzene rings is 1. The van der Waals surface area contributed by atoms with Crippen LogP contribution in [0.25, 0.3) is 11.1 Å². The average Bonchev–Trinajstić information content (AvgIpc) is 3.21. The number of halogens is 2. The summed E-state index contributed by atoms with van der Waals surface area (Å²) in [5.41, 5.74) is 0.425. The summed E-state index contributed by atoms with van der Waals surface area (Å²) in [5, 5.41) is 2.74. The molecule has 1 aromatic carbocycles. The molecule has 3 rings (SSSR count). The molecular weight excluding hydrogens is 454 g/mol. The lowest BCUT2D eigenvalue weighted by atomic mass is 9.98. The van der Waals surface area contributed by atoms with Gasteiger partial charge in [0, 0.05) is 40.2 Å². The van der Waals surface area contributed by atoms with E-state index in [4.69, 9.17) is 0 Å². The molecule has 0 fully saturated rings. The molecule has 1 unspecified atom stereocenters. The number of nitrogens with one attached hydrogen (secondary N) is 1. The fraction of sp³-hybridized carbons (Fsp3) is 0.304. The monoisotopic (exact) mass is 478 g/mol. The lowest BCUT2D eigenvalue weighted by Crippen LogP contribution is -2.31. The summed E-state index contributed by atoms with van der Waals surface area (Å²) in [6.07, 6.45) is 0.431.